The van der Waals surface area contributed by atoms with Gasteiger partial charge in [-0.25, -0.2) is 0 Å². The molecule has 4 aliphatic carbocycles. The third-order valence-corrected chi connectivity index (χ3v) is 10.5. The topological polar surface area (TPSA) is 20.2 Å². The first-order valence-corrected chi connectivity index (χ1v) is 12.9. The number of fused-ring (bicyclic) bond motifs is 5. The van der Waals surface area contributed by atoms with E-state index in [0.29, 0.717) is 10.8 Å². The Balaban J connectivity index is 1.53. The summed E-state index contributed by atoms with van der Waals surface area (Å²) in [5, 5.41) is 10.2. The van der Waals surface area contributed by atoms with Crippen molar-refractivity contribution in [1.82, 2.24) is 0 Å². The Kier molecular flexibility index (Phi) is 6.11. The lowest BCUT2D eigenvalue weighted by Crippen LogP contribution is -2.50. The van der Waals surface area contributed by atoms with Crippen LogP contribution in [0.4, 0.5) is 0 Å². The Morgan fingerprint density at radius 1 is 1.03 bits per heavy atom. The molecule has 0 bridgehead atoms. The molecule has 164 valence electrons. The van der Waals surface area contributed by atoms with Crippen molar-refractivity contribution in [3.8, 4) is 0 Å². The molecule has 0 aromatic carbocycles. The summed E-state index contributed by atoms with van der Waals surface area (Å²) in [4.78, 5) is 0. The van der Waals surface area contributed by atoms with Crippen molar-refractivity contribution in [2.75, 3.05) is 0 Å². The molecule has 0 saturated heterocycles. The minimum absolute atomic E-state index is 0.0849. The van der Waals surface area contributed by atoms with Crippen LogP contribution in [0.25, 0.3) is 0 Å². The third-order valence-electron chi connectivity index (χ3n) is 10.5. The van der Waals surface area contributed by atoms with Crippen molar-refractivity contribution in [1.29, 1.82) is 0 Å². The van der Waals surface area contributed by atoms with Gasteiger partial charge in [0.15, 0.2) is 0 Å². The van der Waals surface area contributed by atoms with E-state index in [2.05, 4.69) is 52.8 Å². The maximum atomic E-state index is 10.2. The second-order valence-electron chi connectivity index (χ2n) is 11.7. The van der Waals surface area contributed by atoms with Gasteiger partial charge in [-0.15, -0.1) is 0 Å². The zero-order valence-electron chi connectivity index (χ0n) is 19.8. The smallest absolute Gasteiger partial charge is 0.0577 e. The summed E-state index contributed by atoms with van der Waals surface area (Å²) in [6.45, 7) is 12.4. The van der Waals surface area contributed by atoms with Crippen LogP contribution in [0, 0.1) is 46.3 Å². The Morgan fingerprint density at radius 3 is 2.52 bits per heavy atom. The summed E-state index contributed by atoms with van der Waals surface area (Å²) < 4.78 is 0. The average molecular weight is 399 g/mol. The zero-order chi connectivity index (χ0) is 20.8. The van der Waals surface area contributed by atoms with Gasteiger partial charge in [0.05, 0.1) is 6.10 Å². The van der Waals surface area contributed by atoms with Gasteiger partial charge in [-0.1, -0.05) is 58.4 Å². The molecule has 4 rings (SSSR count). The molecule has 1 N–H and O–H groups in total. The van der Waals surface area contributed by atoms with Gasteiger partial charge in [0.2, 0.25) is 0 Å². The predicted octanol–water partition coefficient (Wildman–Crippen LogP) is 7.55. The van der Waals surface area contributed by atoms with E-state index in [1.807, 2.05) is 0 Å². The lowest BCUT2D eigenvalue weighted by Gasteiger charge is -2.58. The van der Waals surface area contributed by atoms with Crippen LogP contribution in [0.5, 0.6) is 0 Å². The maximum absolute atomic E-state index is 10.2. The van der Waals surface area contributed by atoms with E-state index in [1.165, 1.54) is 51.4 Å². The summed E-state index contributed by atoms with van der Waals surface area (Å²) in [6, 6.07) is 0. The molecule has 3 unspecified atom stereocenters. The molecule has 0 heterocycles. The molecule has 0 aromatic heterocycles. The molecule has 1 heteroatoms. The highest BCUT2D eigenvalue weighted by Crippen LogP contribution is 2.67. The Labute approximate surface area is 180 Å². The van der Waals surface area contributed by atoms with Crippen LogP contribution in [0.2, 0.25) is 0 Å². The normalized spacial score (nSPS) is 45.6. The Morgan fingerprint density at radius 2 is 1.79 bits per heavy atom. The average Bonchev–Trinajstić information content (AvgIpc) is 3.06. The van der Waals surface area contributed by atoms with Gasteiger partial charge in [0, 0.05) is 0 Å². The predicted molar refractivity (Wildman–Crippen MR) is 124 cm³/mol. The number of hydrogen-bond donors (Lipinski definition) is 1. The molecule has 1 nitrogen and oxygen atoms in total. The molecule has 3 fully saturated rings. The summed E-state index contributed by atoms with van der Waals surface area (Å²) in [5.74, 6) is 5.02. The molecule has 3 saturated carbocycles. The van der Waals surface area contributed by atoms with E-state index in [4.69, 9.17) is 0 Å². The molecule has 0 spiro atoms. The number of hydrogen-bond acceptors (Lipinski definition) is 1. The van der Waals surface area contributed by atoms with Crippen molar-refractivity contribution in [3.63, 3.8) is 0 Å². The molecular formula is C28H46O. The van der Waals surface area contributed by atoms with Crippen molar-refractivity contribution < 1.29 is 5.11 Å². The first-order valence-electron chi connectivity index (χ1n) is 12.9. The van der Waals surface area contributed by atoms with Gasteiger partial charge in [0.1, 0.15) is 0 Å². The van der Waals surface area contributed by atoms with E-state index in [-0.39, 0.29) is 6.10 Å². The summed E-state index contributed by atoms with van der Waals surface area (Å²) in [7, 11) is 0. The number of allylic oxidation sites excluding steroid dienone is 3. The van der Waals surface area contributed by atoms with Gasteiger partial charge in [0.25, 0.3) is 0 Å². The second kappa shape index (κ2) is 8.18. The first-order chi connectivity index (χ1) is 13.8. The van der Waals surface area contributed by atoms with Crippen molar-refractivity contribution in [3.05, 3.63) is 23.8 Å². The van der Waals surface area contributed by atoms with Crippen LogP contribution < -0.4 is 0 Å². The fourth-order valence-corrected chi connectivity index (χ4v) is 8.57. The molecule has 29 heavy (non-hydrogen) atoms. The standard InChI is InChI=1S/C28H46O/c1-6-20(7-2)9-8-19(3)24-12-13-25-23-11-10-21-18-22(29)14-16-27(21,4)26(23)15-17-28(24,25)5/h8-10,19-20,22-26,29H,6-7,11-18H2,1-5H3/b9-8+/t19-,22+,23?,24-,25?,26?,27+,28-/m1/s1. The van der Waals surface area contributed by atoms with Crippen LogP contribution >= 0.6 is 0 Å². The summed E-state index contributed by atoms with van der Waals surface area (Å²) >= 11 is 0. The highest BCUT2D eigenvalue weighted by Gasteiger charge is 2.58. The SMILES string of the molecule is CCC(/C=C/[C@@H](C)[C@H]1CCC2C3CC=C4C[C@@H](O)CC[C@]4(C)C3CC[C@@]21C)CC. The number of aliphatic hydroxyl groups is 1. The molecule has 0 aromatic rings. The summed E-state index contributed by atoms with van der Waals surface area (Å²) in [5.41, 5.74) is 2.52. The fourth-order valence-electron chi connectivity index (χ4n) is 8.57. The van der Waals surface area contributed by atoms with Gasteiger partial charge in [-0.2, -0.15) is 0 Å². The van der Waals surface area contributed by atoms with Crippen LogP contribution in [-0.4, -0.2) is 11.2 Å². The van der Waals surface area contributed by atoms with Crippen LogP contribution in [-0.2, 0) is 0 Å². The molecule has 8 atom stereocenters. The van der Waals surface area contributed by atoms with Gasteiger partial charge < -0.3 is 5.11 Å². The first kappa shape index (κ1) is 21.7. The third kappa shape index (κ3) is 3.58. The Hall–Kier alpha value is -0.560. The fraction of sp³-hybridized carbons (Fsp3) is 0.857. The van der Waals surface area contributed by atoms with Crippen molar-refractivity contribution in [2.45, 2.75) is 105 Å². The quantitative estimate of drug-likeness (QED) is 0.474. The summed E-state index contributed by atoms with van der Waals surface area (Å²) in [6.07, 6.45) is 20.4. The van der Waals surface area contributed by atoms with Gasteiger partial charge in [-0.05, 0) is 111 Å². The molecule has 0 aliphatic heterocycles. The second-order valence-corrected chi connectivity index (χ2v) is 11.7. The van der Waals surface area contributed by atoms with E-state index in [9.17, 15) is 5.11 Å². The van der Waals surface area contributed by atoms with Crippen LogP contribution in [0.15, 0.2) is 23.8 Å². The van der Waals surface area contributed by atoms with Crippen LogP contribution in [0.3, 0.4) is 0 Å². The minimum atomic E-state index is -0.0849. The lowest BCUT2D eigenvalue weighted by atomic mass is 9.47. The number of aliphatic hydroxyl groups excluding tert-OH is 1. The van der Waals surface area contributed by atoms with Crippen molar-refractivity contribution >= 4 is 0 Å². The highest BCUT2D eigenvalue weighted by atomic mass is 16.3. The van der Waals surface area contributed by atoms with E-state index >= 15 is 0 Å². The van der Waals surface area contributed by atoms with Crippen molar-refractivity contribution in [2.24, 2.45) is 46.3 Å². The van der Waals surface area contributed by atoms with E-state index < -0.39 is 0 Å². The van der Waals surface area contributed by atoms with Gasteiger partial charge in [-0.3, -0.25) is 0 Å². The molecule has 0 radical (unpaired) electrons. The lowest BCUT2D eigenvalue weighted by molar-refractivity contribution is -0.0540. The minimum Gasteiger partial charge on any atom is -0.393 e. The zero-order valence-corrected chi connectivity index (χ0v) is 19.8. The monoisotopic (exact) mass is 398 g/mol. The molecule has 4 aliphatic rings. The maximum Gasteiger partial charge on any atom is 0.0577 e. The molecule has 0 amide bonds. The van der Waals surface area contributed by atoms with E-state index in [0.717, 1.165) is 48.3 Å². The highest BCUT2D eigenvalue weighted by molar-refractivity contribution is 5.25. The Bertz CT molecular complexity index is 643. The van der Waals surface area contributed by atoms with Gasteiger partial charge >= 0.3 is 0 Å². The van der Waals surface area contributed by atoms with E-state index in [1.54, 1.807) is 5.57 Å². The molecular weight excluding hydrogens is 352 g/mol. The largest absolute Gasteiger partial charge is 0.393 e. The van der Waals surface area contributed by atoms with Crippen LogP contribution in [0.1, 0.15) is 98.8 Å². The number of rotatable bonds is 5.